The minimum Gasteiger partial charge on any atom is -0.367 e. The van der Waals surface area contributed by atoms with Gasteiger partial charge in [-0.2, -0.15) is 5.26 Å². The smallest absolute Gasteiger partial charge is 0.261 e. The lowest BCUT2D eigenvalue weighted by Gasteiger charge is -2.02. The summed E-state index contributed by atoms with van der Waals surface area (Å²) >= 11 is 1.33. The van der Waals surface area contributed by atoms with Crippen molar-refractivity contribution in [2.24, 2.45) is 0 Å². The van der Waals surface area contributed by atoms with E-state index in [2.05, 4.69) is 16.4 Å². The SMILES string of the molecule is Cc1sc(NC(=O)c2c[nH]ccc2=O)c(C#N)c1C. The molecule has 0 aliphatic carbocycles. The molecule has 2 heterocycles. The Hall–Kier alpha value is -2.39. The van der Waals surface area contributed by atoms with E-state index in [-0.39, 0.29) is 11.0 Å². The predicted molar refractivity (Wildman–Crippen MR) is 73.5 cm³/mol. The predicted octanol–water partition coefficient (Wildman–Crippen LogP) is 2.18. The molecule has 2 rings (SSSR count). The fourth-order valence-electron chi connectivity index (χ4n) is 1.61. The summed E-state index contributed by atoms with van der Waals surface area (Å²) in [6.45, 7) is 3.71. The highest BCUT2D eigenvalue weighted by molar-refractivity contribution is 7.16. The van der Waals surface area contributed by atoms with Crippen LogP contribution in [0.3, 0.4) is 0 Å². The molecule has 6 heteroatoms. The number of amides is 1. The third-order valence-electron chi connectivity index (χ3n) is 2.79. The second kappa shape index (κ2) is 5.08. The standard InChI is InChI=1S/C13H11N3O2S/c1-7-8(2)19-13(9(7)5-14)16-12(18)10-6-15-4-3-11(10)17/h3-4,6H,1-2H3,(H,15,17)(H,16,18). The molecule has 0 saturated heterocycles. The molecule has 2 aromatic heterocycles. The maximum Gasteiger partial charge on any atom is 0.261 e. The zero-order chi connectivity index (χ0) is 14.0. The van der Waals surface area contributed by atoms with Crippen molar-refractivity contribution >= 4 is 22.2 Å². The Kier molecular flexibility index (Phi) is 3.49. The molecular weight excluding hydrogens is 262 g/mol. The zero-order valence-electron chi connectivity index (χ0n) is 10.4. The summed E-state index contributed by atoms with van der Waals surface area (Å²) in [7, 11) is 0. The molecule has 19 heavy (non-hydrogen) atoms. The van der Waals surface area contributed by atoms with Gasteiger partial charge >= 0.3 is 0 Å². The van der Waals surface area contributed by atoms with E-state index >= 15 is 0 Å². The van der Waals surface area contributed by atoms with Crippen molar-refractivity contribution in [3.63, 3.8) is 0 Å². The molecule has 0 unspecified atom stereocenters. The Morgan fingerprint density at radius 2 is 2.21 bits per heavy atom. The van der Waals surface area contributed by atoms with Crippen molar-refractivity contribution in [2.45, 2.75) is 13.8 Å². The number of nitrogens with one attached hydrogen (secondary N) is 2. The van der Waals surface area contributed by atoms with Crippen molar-refractivity contribution in [1.82, 2.24) is 4.98 Å². The maximum atomic E-state index is 12.0. The van der Waals surface area contributed by atoms with E-state index in [1.807, 2.05) is 13.8 Å². The first kappa shape index (κ1) is 13.1. The molecular formula is C13H11N3O2S. The Bertz CT molecular complexity index is 737. The van der Waals surface area contributed by atoms with Crippen molar-refractivity contribution in [1.29, 1.82) is 5.26 Å². The van der Waals surface area contributed by atoms with Crippen LogP contribution in [-0.4, -0.2) is 10.9 Å². The number of aromatic nitrogens is 1. The lowest BCUT2D eigenvalue weighted by molar-refractivity contribution is 0.102. The van der Waals surface area contributed by atoms with E-state index in [4.69, 9.17) is 5.26 Å². The van der Waals surface area contributed by atoms with Crippen molar-refractivity contribution < 1.29 is 4.79 Å². The van der Waals surface area contributed by atoms with E-state index in [9.17, 15) is 9.59 Å². The number of hydrogen-bond donors (Lipinski definition) is 2. The summed E-state index contributed by atoms with van der Waals surface area (Å²) in [6, 6.07) is 3.35. The number of nitrogens with zero attached hydrogens (tertiary/aromatic N) is 1. The number of hydrogen-bond acceptors (Lipinski definition) is 4. The lowest BCUT2D eigenvalue weighted by atomic mass is 10.2. The third kappa shape index (κ3) is 2.41. The van der Waals surface area contributed by atoms with Crippen LogP contribution in [0.15, 0.2) is 23.3 Å². The van der Waals surface area contributed by atoms with Crippen LogP contribution in [-0.2, 0) is 0 Å². The number of anilines is 1. The molecule has 0 aliphatic heterocycles. The largest absolute Gasteiger partial charge is 0.367 e. The van der Waals surface area contributed by atoms with E-state index in [0.717, 1.165) is 10.4 Å². The van der Waals surface area contributed by atoms with Gasteiger partial charge in [0.1, 0.15) is 16.6 Å². The van der Waals surface area contributed by atoms with Gasteiger partial charge in [-0.05, 0) is 19.4 Å². The van der Waals surface area contributed by atoms with Gasteiger partial charge in [0.15, 0.2) is 5.43 Å². The first-order valence-electron chi connectivity index (χ1n) is 5.53. The Morgan fingerprint density at radius 1 is 1.47 bits per heavy atom. The topological polar surface area (TPSA) is 85.8 Å². The fraction of sp³-hybridized carbons (Fsp3) is 0.154. The van der Waals surface area contributed by atoms with Crippen LogP contribution in [0.25, 0.3) is 0 Å². The summed E-state index contributed by atoms with van der Waals surface area (Å²) in [5.41, 5.74) is 0.961. The summed E-state index contributed by atoms with van der Waals surface area (Å²) in [6.07, 6.45) is 2.80. The van der Waals surface area contributed by atoms with Gasteiger partial charge in [-0.1, -0.05) is 0 Å². The molecule has 2 N–H and O–H groups in total. The van der Waals surface area contributed by atoms with Gasteiger partial charge < -0.3 is 10.3 Å². The quantitative estimate of drug-likeness (QED) is 0.879. The van der Waals surface area contributed by atoms with Crippen LogP contribution in [0.2, 0.25) is 0 Å². The number of pyridine rings is 1. The monoisotopic (exact) mass is 273 g/mol. The highest BCUT2D eigenvalue weighted by Crippen LogP contribution is 2.31. The van der Waals surface area contributed by atoms with Gasteiger partial charge in [0.2, 0.25) is 0 Å². The Balaban J connectivity index is 2.36. The van der Waals surface area contributed by atoms with Crippen LogP contribution >= 0.6 is 11.3 Å². The molecule has 0 bridgehead atoms. The zero-order valence-corrected chi connectivity index (χ0v) is 11.2. The molecule has 2 aromatic rings. The summed E-state index contributed by atoms with van der Waals surface area (Å²) in [5, 5.41) is 12.2. The van der Waals surface area contributed by atoms with Crippen LogP contribution in [0.1, 0.15) is 26.4 Å². The van der Waals surface area contributed by atoms with Crippen LogP contribution < -0.4 is 10.7 Å². The summed E-state index contributed by atoms with van der Waals surface area (Å²) in [4.78, 5) is 27.2. The summed E-state index contributed by atoms with van der Waals surface area (Å²) < 4.78 is 0. The minimum atomic E-state index is -0.514. The van der Waals surface area contributed by atoms with Gasteiger partial charge in [-0.3, -0.25) is 9.59 Å². The average Bonchev–Trinajstić information content (AvgIpc) is 2.64. The molecule has 0 saturated carbocycles. The number of carbonyl (C=O) groups is 1. The van der Waals surface area contributed by atoms with Crippen molar-refractivity contribution in [2.75, 3.05) is 5.32 Å². The van der Waals surface area contributed by atoms with Crippen molar-refractivity contribution in [3.8, 4) is 6.07 Å². The number of thiophene rings is 1. The number of aromatic amines is 1. The molecule has 96 valence electrons. The normalized spacial score (nSPS) is 9.95. The first-order chi connectivity index (χ1) is 9.04. The van der Waals surface area contributed by atoms with Gasteiger partial charge in [-0.15, -0.1) is 11.3 Å². The van der Waals surface area contributed by atoms with Crippen LogP contribution in [0.5, 0.6) is 0 Å². The molecule has 0 fully saturated rings. The van der Waals surface area contributed by atoms with E-state index in [1.165, 1.54) is 29.8 Å². The Morgan fingerprint density at radius 3 is 2.84 bits per heavy atom. The minimum absolute atomic E-state index is 0.0232. The molecule has 0 aliphatic rings. The van der Waals surface area contributed by atoms with Gasteiger partial charge in [0.05, 0.1) is 5.56 Å². The highest BCUT2D eigenvalue weighted by Gasteiger charge is 2.16. The molecule has 1 amide bonds. The van der Waals surface area contributed by atoms with E-state index in [0.29, 0.717) is 10.6 Å². The van der Waals surface area contributed by atoms with E-state index in [1.54, 1.807) is 0 Å². The van der Waals surface area contributed by atoms with Crippen molar-refractivity contribution in [3.05, 3.63) is 50.3 Å². The number of rotatable bonds is 2. The van der Waals surface area contributed by atoms with Gasteiger partial charge in [-0.25, -0.2) is 0 Å². The summed E-state index contributed by atoms with van der Waals surface area (Å²) in [5.74, 6) is -0.514. The number of carbonyl (C=O) groups excluding carboxylic acids is 1. The maximum absolute atomic E-state index is 12.0. The molecule has 5 nitrogen and oxygen atoms in total. The molecule has 0 atom stereocenters. The number of nitriles is 1. The van der Waals surface area contributed by atoms with E-state index < -0.39 is 5.91 Å². The lowest BCUT2D eigenvalue weighted by Crippen LogP contribution is -2.20. The first-order valence-corrected chi connectivity index (χ1v) is 6.34. The van der Waals surface area contributed by atoms with Crippen LogP contribution in [0, 0.1) is 25.2 Å². The second-order valence-electron chi connectivity index (χ2n) is 3.98. The fourth-order valence-corrected chi connectivity index (χ4v) is 2.62. The van der Waals surface area contributed by atoms with Crippen LogP contribution in [0.4, 0.5) is 5.00 Å². The molecule has 0 spiro atoms. The third-order valence-corrected chi connectivity index (χ3v) is 3.92. The van der Waals surface area contributed by atoms with Gasteiger partial charge in [0.25, 0.3) is 5.91 Å². The number of aryl methyl sites for hydroxylation is 1. The second-order valence-corrected chi connectivity index (χ2v) is 5.20. The highest BCUT2D eigenvalue weighted by atomic mass is 32.1. The molecule has 0 radical (unpaired) electrons. The Labute approximate surface area is 113 Å². The number of H-pyrrole nitrogens is 1. The molecule has 0 aromatic carbocycles. The van der Waals surface area contributed by atoms with Gasteiger partial charge in [0, 0.05) is 23.3 Å². The average molecular weight is 273 g/mol.